The van der Waals surface area contributed by atoms with Crippen LogP contribution in [0.3, 0.4) is 0 Å². The highest BCUT2D eigenvalue weighted by Gasteiger charge is 2.45. The monoisotopic (exact) mass is 307 g/mol. The van der Waals surface area contributed by atoms with Gasteiger partial charge in [0.1, 0.15) is 0 Å². The third-order valence-electron chi connectivity index (χ3n) is 4.35. The zero-order valence-electron chi connectivity index (χ0n) is 12.9. The SMILES string of the molecule is CCNC1CCC2(CC1Sc1cccc(C)c1)OCCO2. The molecule has 0 radical (unpaired) electrons. The van der Waals surface area contributed by atoms with Crippen LogP contribution in [0.2, 0.25) is 0 Å². The van der Waals surface area contributed by atoms with E-state index in [1.54, 1.807) is 0 Å². The fourth-order valence-electron chi connectivity index (χ4n) is 3.35. The van der Waals surface area contributed by atoms with Crippen molar-refractivity contribution in [1.29, 1.82) is 0 Å². The van der Waals surface area contributed by atoms with Crippen LogP contribution in [0.4, 0.5) is 0 Å². The molecule has 0 bridgehead atoms. The minimum absolute atomic E-state index is 0.312. The van der Waals surface area contributed by atoms with Gasteiger partial charge >= 0.3 is 0 Å². The van der Waals surface area contributed by atoms with Crippen molar-refractivity contribution in [2.24, 2.45) is 0 Å². The summed E-state index contributed by atoms with van der Waals surface area (Å²) in [5.41, 5.74) is 1.32. The highest BCUT2D eigenvalue weighted by Crippen LogP contribution is 2.42. The van der Waals surface area contributed by atoms with Crippen LogP contribution >= 0.6 is 11.8 Å². The van der Waals surface area contributed by atoms with Gasteiger partial charge in [-0.05, 0) is 32.0 Å². The molecule has 1 saturated heterocycles. The molecule has 1 aromatic rings. The highest BCUT2D eigenvalue weighted by atomic mass is 32.2. The smallest absolute Gasteiger partial charge is 0.169 e. The first-order valence-corrected chi connectivity index (χ1v) is 8.83. The number of hydrogen-bond acceptors (Lipinski definition) is 4. The minimum Gasteiger partial charge on any atom is -0.347 e. The average Bonchev–Trinajstić information content (AvgIpc) is 2.91. The van der Waals surface area contributed by atoms with Gasteiger partial charge in [0.05, 0.1) is 13.2 Å². The Labute approximate surface area is 131 Å². The van der Waals surface area contributed by atoms with Crippen molar-refractivity contribution in [3.05, 3.63) is 29.8 Å². The zero-order valence-corrected chi connectivity index (χ0v) is 13.7. The van der Waals surface area contributed by atoms with E-state index in [2.05, 4.69) is 43.4 Å². The van der Waals surface area contributed by atoms with Gasteiger partial charge in [-0.15, -0.1) is 11.8 Å². The van der Waals surface area contributed by atoms with Crippen molar-refractivity contribution >= 4 is 11.8 Å². The van der Waals surface area contributed by atoms with Gasteiger partial charge in [0, 0.05) is 29.0 Å². The second kappa shape index (κ2) is 6.69. The molecule has 1 spiro atoms. The molecule has 2 fully saturated rings. The van der Waals surface area contributed by atoms with Crippen molar-refractivity contribution in [1.82, 2.24) is 5.32 Å². The van der Waals surface area contributed by atoms with Gasteiger partial charge in [0.25, 0.3) is 0 Å². The number of hydrogen-bond donors (Lipinski definition) is 1. The van der Waals surface area contributed by atoms with Crippen LogP contribution in [0.1, 0.15) is 31.7 Å². The van der Waals surface area contributed by atoms with E-state index < -0.39 is 0 Å². The van der Waals surface area contributed by atoms with E-state index in [-0.39, 0.29) is 5.79 Å². The molecule has 2 atom stereocenters. The van der Waals surface area contributed by atoms with Crippen LogP contribution in [0.15, 0.2) is 29.2 Å². The molecule has 3 nitrogen and oxygen atoms in total. The zero-order chi connectivity index (χ0) is 14.7. The summed E-state index contributed by atoms with van der Waals surface area (Å²) in [6, 6.07) is 9.31. The summed E-state index contributed by atoms with van der Waals surface area (Å²) in [6.45, 7) is 6.84. The molecule has 1 N–H and O–H groups in total. The molecule has 0 aromatic heterocycles. The summed E-state index contributed by atoms with van der Waals surface area (Å²) < 4.78 is 11.9. The number of ether oxygens (including phenoxy) is 2. The summed E-state index contributed by atoms with van der Waals surface area (Å²) in [5.74, 6) is -0.312. The maximum atomic E-state index is 5.94. The molecular formula is C17H25NO2S. The Morgan fingerprint density at radius 2 is 2.14 bits per heavy atom. The highest BCUT2D eigenvalue weighted by molar-refractivity contribution is 8.00. The van der Waals surface area contributed by atoms with E-state index in [1.807, 2.05) is 11.8 Å². The third kappa shape index (κ3) is 3.62. The summed E-state index contributed by atoms with van der Waals surface area (Å²) >= 11 is 1.97. The van der Waals surface area contributed by atoms with Gasteiger partial charge < -0.3 is 14.8 Å². The van der Waals surface area contributed by atoms with Gasteiger partial charge in [-0.3, -0.25) is 0 Å². The lowest BCUT2D eigenvalue weighted by Gasteiger charge is -2.41. The lowest BCUT2D eigenvalue weighted by molar-refractivity contribution is -0.178. The van der Waals surface area contributed by atoms with Gasteiger partial charge in [-0.2, -0.15) is 0 Å². The van der Waals surface area contributed by atoms with Gasteiger partial charge in [-0.25, -0.2) is 0 Å². The van der Waals surface area contributed by atoms with E-state index in [9.17, 15) is 0 Å². The normalized spacial score (nSPS) is 28.1. The van der Waals surface area contributed by atoms with Crippen LogP contribution in [-0.4, -0.2) is 36.8 Å². The molecule has 1 saturated carbocycles. The van der Waals surface area contributed by atoms with Crippen LogP contribution in [0, 0.1) is 6.92 Å². The van der Waals surface area contributed by atoms with E-state index in [4.69, 9.17) is 9.47 Å². The molecule has 0 amide bonds. The van der Waals surface area contributed by atoms with E-state index in [0.29, 0.717) is 11.3 Å². The quantitative estimate of drug-likeness (QED) is 0.924. The number of benzene rings is 1. The van der Waals surface area contributed by atoms with E-state index in [0.717, 1.165) is 39.0 Å². The second-order valence-electron chi connectivity index (χ2n) is 5.99. The predicted molar refractivity (Wildman–Crippen MR) is 86.8 cm³/mol. The molecule has 4 heteroatoms. The first kappa shape index (κ1) is 15.3. The first-order valence-electron chi connectivity index (χ1n) is 7.95. The summed E-state index contributed by atoms with van der Waals surface area (Å²) in [6.07, 6.45) is 3.11. The summed E-state index contributed by atoms with van der Waals surface area (Å²) in [7, 11) is 0. The topological polar surface area (TPSA) is 30.5 Å². The van der Waals surface area contributed by atoms with Crippen molar-refractivity contribution in [2.75, 3.05) is 19.8 Å². The van der Waals surface area contributed by atoms with Crippen LogP contribution in [-0.2, 0) is 9.47 Å². The maximum Gasteiger partial charge on any atom is 0.169 e. The summed E-state index contributed by atoms with van der Waals surface area (Å²) in [4.78, 5) is 1.35. The molecule has 2 unspecified atom stereocenters. The van der Waals surface area contributed by atoms with Crippen LogP contribution in [0.5, 0.6) is 0 Å². The number of thioether (sulfide) groups is 1. The molecule has 2 aliphatic rings. The Bertz CT molecular complexity index is 474. The molecule has 116 valence electrons. The molecule has 1 aliphatic carbocycles. The Balaban J connectivity index is 1.73. The van der Waals surface area contributed by atoms with Gasteiger partial charge in [0.15, 0.2) is 5.79 Å². The summed E-state index contributed by atoms with van der Waals surface area (Å²) in [5, 5.41) is 4.14. The Kier molecular flexibility index (Phi) is 4.89. The van der Waals surface area contributed by atoms with Crippen LogP contribution < -0.4 is 5.32 Å². The molecule has 1 aromatic carbocycles. The average molecular weight is 307 g/mol. The Morgan fingerprint density at radius 1 is 1.33 bits per heavy atom. The second-order valence-corrected chi connectivity index (χ2v) is 7.30. The molecular weight excluding hydrogens is 282 g/mol. The third-order valence-corrected chi connectivity index (χ3v) is 5.68. The fourth-order valence-corrected chi connectivity index (χ4v) is 4.85. The molecule has 21 heavy (non-hydrogen) atoms. The molecule has 1 aliphatic heterocycles. The maximum absolute atomic E-state index is 5.94. The molecule has 1 heterocycles. The largest absolute Gasteiger partial charge is 0.347 e. The number of nitrogens with one attached hydrogen (secondary N) is 1. The number of rotatable bonds is 4. The fraction of sp³-hybridized carbons (Fsp3) is 0.647. The number of aryl methyl sites for hydroxylation is 1. The van der Waals surface area contributed by atoms with Crippen molar-refractivity contribution in [3.63, 3.8) is 0 Å². The van der Waals surface area contributed by atoms with Crippen LogP contribution in [0.25, 0.3) is 0 Å². The molecule has 3 rings (SSSR count). The van der Waals surface area contributed by atoms with Crippen molar-refractivity contribution < 1.29 is 9.47 Å². The van der Waals surface area contributed by atoms with Gasteiger partial charge in [0.2, 0.25) is 0 Å². The van der Waals surface area contributed by atoms with E-state index >= 15 is 0 Å². The predicted octanol–water partition coefficient (Wildman–Crippen LogP) is 3.36. The Hall–Kier alpha value is -0.550. The first-order chi connectivity index (χ1) is 10.2. The Morgan fingerprint density at radius 3 is 2.86 bits per heavy atom. The lowest BCUT2D eigenvalue weighted by Crippen LogP contribution is -2.49. The van der Waals surface area contributed by atoms with Crippen molar-refractivity contribution in [2.45, 2.75) is 55.1 Å². The lowest BCUT2D eigenvalue weighted by atomic mass is 9.89. The van der Waals surface area contributed by atoms with E-state index in [1.165, 1.54) is 10.5 Å². The van der Waals surface area contributed by atoms with Crippen molar-refractivity contribution in [3.8, 4) is 0 Å². The standard InChI is InChI=1S/C17H25NO2S/c1-3-18-15-7-8-17(19-9-10-20-17)12-16(15)21-14-6-4-5-13(2)11-14/h4-6,11,15-16,18H,3,7-10,12H2,1-2H3. The minimum atomic E-state index is -0.312. The van der Waals surface area contributed by atoms with Gasteiger partial charge in [-0.1, -0.05) is 24.6 Å².